The number of benzene rings is 7. The molecule has 3 heterocycles. The van der Waals surface area contributed by atoms with Gasteiger partial charge in [0.1, 0.15) is 11.5 Å². The van der Waals surface area contributed by atoms with Gasteiger partial charge >= 0.3 is 0 Å². The van der Waals surface area contributed by atoms with E-state index in [-0.39, 0.29) is 26.5 Å². The van der Waals surface area contributed by atoms with Gasteiger partial charge in [-0.05, 0) is 69.0 Å². The van der Waals surface area contributed by atoms with Crippen molar-refractivity contribution in [3.05, 3.63) is 222 Å². The monoisotopic (exact) mass is 926 g/mol. The molecule has 0 radical (unpaired) electrons. The van der Waals surface area contributed by atoms with Crippen LogP contribution < -0.4 is 0 Å². The number of hydrogen-bond acceptors (Lipinski definition) is 1. The summed E-state index contributed by atoms with van der Waals surface area (Å²) >= 11 is 0. The molecule has 0 aliphatic heterocycles. The van der Waals surface area contributed by atoms with Gasteiger partial charge in [0.15, 0.2) is 17.4 Å². The smallest absolute Gasteiger partial charge is 0.168 e. The van der Waals surface area contributed by atoms with Gasteiger partial charge in [-0.2, -0.15) is 34.9 Å². The minimum Gasteiger partial charge on any atom is -0.319 e. The van der Waals surface area contributed by atoms with Crippen molar-refractivity contribution in [2.75, 3.05) is 0 Å². The van der Waals surface area contributed by atoms with E-state index in [9.17, 15) is 0 Å². The molecular weight excluding hydrogens is 888 g/mol. The Morgan fingerprint density at radius 1 is 0.552 bits per heavy atom. The number of nitrogens with zero attached hydrogens (tertiary/aromatic N) is 4. The Hall–Kier alpha value is -6.35. The Morgan fingerprint density at radius 2 is 1.17 bits per heavy atom. The van der Waals surface area contributed by atoms with Crippen molar-refractivity contribution in [2.45, 2.75) is 31.6 Å². The summed E-state index contributed by atoms with van der Waals surface area (Å²) in [6.07, 6.45) is 4.13. The van der Waals surface area contributed by atoms with Crippen molar-refractivity contribution in [3.63, 3.8) is 0 Å². The van der Waals surface area contributed by atoms with E-state index in [2.05, 4.69) is 223 Å². The molecule has 1 aliphatic rings. The predicted octanol–water partition coefficient (Wildman–Crippen LogP) is 12.5. The second-order valence-corrected chi connectivity index (χ2v) is 16.1. The van der Waals surface area contributed by atoms with E-state index in [1.165, 1.54) is 33.2 Å². The molecule has 0 saturated heterocycles. The fourth-order valence-electron chi connectivity index (χ4n) is 9.23. The maximum Gasteiger partial charge on any atom is 0.168 e. The minimum absolute atomic E-state index is 0. The van der Waals surface area contributed by atoms with Crippen LogP contribution in [0, 0.1) is 12.1 Å². The van der Waals surface area contributed by atoms with E-state index in [1.54, 1.807) is 0 Å². The number of para-hydroxylation sites is 4. The van der Waals surface area contributed by atoms with E-state index in [1.807, 2.05) is 6.20 Å². The zero-order chi connectivity index (χ0) is 38.3. The van der Waals surface area contributed by atoms with E-state index in [0.717, 1.165) is 55.8 Å². The number of pyridine rings is 1. The van der Waals surface area contributed by atoms with Crippen LogP contribution in [0.2, 0.25) is 0 Å². The molecule has 0 atom stereocenters. The van der Waals surface area contributed by atoms with Gasteiger partial charge in [-0.15, -0.1) is 28.6 Å². The summed E-state index contributed by atoms with van der Waals surface area (Å²) in [5.41, 5.74) is 14.0. The second-order valence-electron chi connectivity index (χ2n) is 16.1. The Kier molecular flexibility index (Phi) is 8.48. The van der Waals surface area contributed by atoms with Crippen molar-refractivity contribution >= 4 is 32.8 Å². The summed E-state index contributed by atoms with van der Waals surface area (Å²) in [5.74, 6) is 0.892. The van der Waals surface area contributed by atoms with Crippen LogP contribution in [-0.2, 0) is 31.9 Å². The quantitative estimate of drug-likeness (QED) is 0.158. The van der Waals surface area contributed by atoms with Gasteiger partial charge in [-0.25, -0.2) is 9.55 Å². The molecule has 0 spiro atoms. The van der Waals surface area contributed by atoms with E-state index in [0.29, 0.717) is 0 Å². The third-order valence-corrected chi connectivity index (χ3v) is 11.9. The van der Waals surface area contributed by atoms with Gasteiger partial charge < -0.3 is 4.57 Å². The van der Waals surface area contributed by atoms with Crippen LogP contribution in [0.15, 0.2) is 182 Å². The molecular formula is C53H39N4Pt-. The maximum atomic E-state index is 5.00. The van der Waals surface area contributed by atoms with Crippen LogP contribution in [0.4, 0.5) is 0 Å². The van der Waals surface area contributed by atoms with Crippen LogP contribution >= 0.6 is 0 Å². The van der Waals surface area contributed by atoms with Crippen molar-refractivity contribution in [1.82, 2.24) is 18.7 Å². The van der Waals surface area contributed by atoms with Crippen molar-refractivity contribution < 1.29 is 21.1 Å². The molecule has 282 valence electrons. The molecule has 0 bridgehead atoms. The summed E-state index contributed by atoms with van der Waals surface area (Å²) in [6.45, 7) is 6.76. The van der Waals surface area contributed by atoms with Gasteiger partial charge in [0, 0.05) is 56.0 Å². The molecule has 0 fully saturated rings. The Morgan fingerprint density at radius 3 is 1.90 bits per heavy atom. The van der Waals surface area contributed by atoms with Gasteiger partial charge in [0.2, 0.25) is 0 Å². The van der Waals surface area contributed by atoms with E-state index < -0.39 is 5.41 Å². The third-order valence-electron chi connectivity index (χ3n) is 11.9. The number of aromatic nitrogens is 4. The molecule has 7 aromatic carbocycles. The largest absolute Gasteiger partial charge is 0.319 e. The van der Waals surface area contributed by atoms with Gasteiger partial charge in [0.25, 0.3) is 0 Å². The maximum absolute atomic E-state index is 5.00. The van der Waals surface area contributed by atoms with Gasteiger partial charge in [-0.1, -0.05) is 123 Å². The molecule has 5 heteroatoms. The average Bonchev–Trinajstić information content (AvgIpc) is 3.91. The molecule has 0 amide bonds. The predicted molar refractivity (Wildman–Crippen MR) is 233 cm³/mol. The summed E-state index contributed by atoms with van der Waals surface area (Å²) < 4.78 is 6.83. The number of fused-ring (bicyclic) bond motifs is 7. The third kappa shape index (κ3) is 5.32. The summed E-state index contributed by atoms with van der Waals surface area (Å²) in [5, 5.41) is 2.33. The second kappa shape index (κ2) is 13.6. The molecule has 11 rings (SSSR count). The first-order valence-corrected chi connectivity index (χ1v) is 19.6. The Balaban J connectivity index is 0.00000408. The normalized spacial score (nSPS) is 13.1. The standard InChI is InChI=1S/C53H39N4.Pt/c1-52(2,3)36-30-31-54-51(34-36)57-47-25-12-9-22-43(47)44-29-28-38(33-50(44)57)53(45-23-10-7-20-41(45)42-21-8-11-24-46(42)53)37-16-15-19-40(32-37)56-35-55(39-17-5-4-6-18-39)48-26-13-14-27-49(48)56;/h4-31,34-35H,1-3H3;/q-1;. The van der Waals surface area contributed by atoms with Crippen LogP contribution in [0.5, 0.6) is 0 Å². The number of rotatable bonds is 5. The van der Waals surface area contributed by atoms with Crippen molar-refractivity contribution in [2.24, 2.45) is 0 Å². The first-order chi connectivity index (χ1) is 27.9. The van der Waals surface area contributed by atoms with Crippen LogP contribution in [0.1, 0.15) is 48.6 Å². The molecule has 3 aromatic heterocycles. The molecule has 0 unspecified atom stereocenters. The average molecular weight is 927 g/mol. The minimum atomic E-state index is -0.711. The topological polar surface area (TPSA) is 27.7 Å². The number of hydrogen-bond donors (Lipinski definition) is 0. The number of imidazole rings is 1. The zero-order valence-electron chi connectivity index (χ0n) is 32.4. The molecule has 4 nitrogen and oxygen atoms in total. The zero-order valence-corrected chi connectivity index (χ0v) is 34.7. The first kappa shape index (κ1) is 36.0. The Labute approximate surface area is 353 Å². The van der Waals surface area contributed by atoms with Gasteiger partial charge in [0.05, 0.1) is 0 Å². The molecule has 10 aromatic rings. The summed E-state index contributed by atoms with van der Waals surface area (Å²) in [4.78, 5) is 5.00. The van der Waals surface area contributed by atoms with Crippen molar-refractivity contribution in [3.8, 4) is 28.3 Å². The summed E-state index contributed by atoms with van der Waals surface area (Å²) in [6, 6.07) is 69.3. The molecule has 1 aliphatic carbocycles. The van der Waals surface area contributed by atoms with Crippen LogP contribution in [0.25, 0.3) is 61.2 Å². The van der Waals surface area contributed by atoms with Crippen molar-refractivity contribution in [1.29, 1.82) is 0 Å². The van der Waals surface area contributed by atoms with E-state index >= 15 is 0 Å². The molecule has 0 saturated carbocycles. The molecule has 58 heavy (non-hydrogen) atoms. The fourth-order valence-corrected chi connectivity index (χ4v) is 9.23. The first-order valence-electron chi connectivity index (χ1n) is 19.6. The van der Waals surface area contributed by atoms with Crippen LogP contribution in [0.3, 0.4) is 0 Å². The Bertz CT molecular complexity index is 3140. The van der Waals surface area contributed by atoms with Gasteiger partial charge in [-0.3, -0.25) is 0 Å². The SMILES string of the molecule is CC(C)(C)c1ccnc(-n2c3[c-]c(C4(c5[c-]c(-n6[cH+]n(-c7ccccc7)c7ccccc76)ccc5)c5ccccc5-c5ccccc54)ccc3c3ccccc32)c1.[Pt]. The fraction of sp³-hybridized carbons (Fsp3) is 0.0943. The molecule has 0 N–H and O–H groups in total. The summed E-state index contributed by atoms with van der Waals surface area (Å²) in [7, 11) is 0. The van der Waals surface area contributed by atoms with E-state index in [4.69, 9.17) is 4.98 Å². The van der Waals surface area contributed by atoms with Crippen LogP contribution in [-0.4, -0.2) is 18.7 Å².